The summed E-state index contributed by atoms with van der Waals surface area (Å²) in [6.45, 7) is 13.3. The Morgan fingerprint density at radius 2 is 0.693 bits per heavy atom. The summed E-state index contributed by atoms with van der Waals surface area (Å²) in [5.74, 6) is -0.260. The fourth-order valence-corrected chi connectivity index (χ4v) is 10.5. The van der Waals surface area contributed by atoms with E-state index in [0.717, 1.165) is 33.4 Å². The minimum absolute atomic E-state index is 0.0130. The second-order valence-electron chi connectivity index (χ2n) is 20.5. The van der Waals surface area contributed by atoms with Crippen LogP contribution in [-0.2, 0) is 91.7 Å². The maximum absolute atomic E-state index is 7.39. The molecule has 3 aliphatic rings. The molecule has 0 N–H and O–H groups in total. The Kier molecular flexibility index (Phi) is 20.2. The van der Waals surface area contributed by atoms with Crippen LogP contribution in [0, 0.1) is 17.8 Å². The van der Waals surface area contributed by atoms with Crippen molar-refractivity contribution in [1.29, 1.82) is 0 Å². The standard InChI is InChI=1S/C64H76O11/c1-44-47(4)72-56(43-71-64-62(70-41-54-34-22-11-23-35-54)61(69-40-53-32-20-10-21-33-53)59(48(5)73-64)68-39-52-30-18-9-19-31-52)60(58(44)67-38-51-28-16-8-17-29-51)75-63-46(3)57(66-37-50-26-14-7-15-27-50)45(2)55(74-63)42-65-36-49-24-12-6-13-25-49/h6-35,44-48,55-64H,36-43H2,1-5H3. The molecule has 0 bridgehead atoms. The average Bonchev–Trinajstić information content (AvgIpc) is 3.45. The van der Waals surface area contributed by atoms with Gasteiger partial charge in [0, 0.05) is 17.8 Å². The normalized spacial score (nSPS) is 30.0. The van der Waals surface area contributed by atoms with Crippen LogP contribution in [0.2, 0.25) is 0 Å². The maximum Gasteiger partial charge on any atom is 0.186 e. The highest BCUT2D eigenvalue weighted by Gasteiger charge is 2.52. The van der Waals surface area contributed by atoms with Crippen LogP contribution in [-0.4, -0.2) is 86.8 Å². The van der Waals surface area contributed by atoms with Gasteiger partial charge in [-0.25, -0.2) is 0 Å². The van der Waals surface area contributed by atoms with E-state index in [4.69, 9.17) is 52.1 Å². The number of hydrogen-bond acceptors (Lipinski definition) is 11. The summed E-state index contributed by atoms with van der Waals surface area (Å²) >= 11 is 0. The molecule has 6 aromatic carbocycles. The summed E-state index contributed by atoms with van der Waals surface area (Å²) in [6, 6.07) is 61.1. The van der Waals surface area contributed by atoms with E-state index in [9.17, 15) is 0 Å². The van der Waals surface area contributed by atoms with Crippen molar-refractivity contribution >= 4 is 0 Å². The molecule has 3 aliphatic heterocycles. The third kappa shape index (κ3) is 15.1. The van der Waals surface area contributed by atoms with Gasteiger partial charge in [-0.1, -0.05) is 203 Å². The molecule has 9 rings (SSSR count). The zero-order valence-corrected chi connectivity index (χ0v) is 44.1. The molecule has 0 amide bonds. The Labute approximate surface area is 444 Å². The minimum Gasteiger partial charge on any atom is -0.374 e. The third-order valence-electron chi connectivity index (χ3n) is 15.0. The minimum atomic E-state index is -0.878. The van der Waals surface area contributed by atoms with Gasteiger partial charge >= 0.3 is 0 Å². The fourth-order valence-electron chi connectivity index (χ4n) is 10.5. The van der Waals surface area contributed by atoms with Crippen LogP contribution in [0.15, 0.2) is 182 Å². The second-order valence-corrected chi connectivity index (χ2v) is 20.5. The maximum atomic E-state index is 7.39. The molecule has 0 radical (unpaired) electrons. The first-order valence-electron chi connectivity index (χ1n) is 26.9. The molecule has 0 saturated carbocycles. The molecular formula is C64H76O11. The van der Waals surface area contributed by atoms with Crippen LogP contribution >= 0.6 is 0 Å². The fraction of sp³-hybridized carbons (Fsp3) is 0.438. The van der Waals surface area contributed by atoms with E-state index in [1.165, 1.54) is 0 Å². The molecule has 11 nitrogen and oxygen atoms in total. The first-order valence-corrected chi connectivity index (χ1v) is 26.9. The summed E-state index contributed by atoms with van der Waals surface area (Å²) in [6.07, 6.45) is -6.26. The monoisotopic (exact) mass is 1020 g/mol. The van der Waals surface area contributed by atoms with Crippen LogP contribution in [0.4, 0.5) is 0 Å². The van der Waals surface area contributed by atoms with Gasteiger partial charge in [0.1, 0.15) is 30.5 Å². The van der Waals surface area contributed by atoms with E-state index >= 15 is 0 Å². The van der Waals surface area contributed by atoms with Crippen molar-refractivity contribution in [1.82, 2.24) is 0 Å². The van der Waals surface area contributed by atoms with Gasteiger partial charge in [0.05, 0.1) is 83.4 Å². The molecule has 3 fully saturated rings. The van der Waals surface area contributed by atoms with Crippen molar-refractivity contribution in [3.05, 3.63) is 215 Å². The van der Waals surface area contributed by atoms with E-state index in [1.54, 1.807) is 0 Å². The largest absolute Gasteiger partial charge is 0.374 e. The lowest BCUT2D eigenvalue weighted by molar-refractivity contribution is -0.344. The van der Waals surface area contributed by atoms with Gasteiger partial charge in [0.2, 0.25) is 0 Å². The quantitative estimate of drug-likeness (QED) is 0.0579. The van der Waals surface area contributed by atoms with E-state index in [2.05, 4.69) is 88.4 Å². The SMILES string of the molecule is CC1OC(COC2OC(C)C(OCc3ccccc3)C(OCc3ccccc3)C2OCc2ccccc2)C(OC2OC(COCc3ccccc3)C(C)C(OCc3ccccc3)C2C)C(OCc2ccccc2)C1C. The molecular weight excluding hydrogens is 945 g/mol. The number of ether oxygens (including phenoxy) is 11. The molecule has 6 aromatic rings. The van der Waals surface area contributed by atoms with Crippen molar-refractivity contribution in [3.8, 4) is 0 Å². The highest BCUT2D eigenvalue weighted by molar-refractivity contribution is 5.18. The molecule has 75 heavy (non-hydrogen) atoms. The van der Waals surface area contributed by atoms with E-state index < -0.39 is 55.3 Å². The average molecular weight is 1020 g/mol. The summed E-state index contributed by atoms with van der Waals surface area (Å²) in [5.41, 5.74) is 6.34. The predicted molar refractivity (Wildman–Crippen MR) is 287 cm³/mol. The molecule has 0 aromatic heterocycles. The Balaban J connectivity index is 1.00. The van der Waals surface area contributed by atoms with Crippen molar-refractivity contribution in [3.63, 3.8) is 0 Å². The van der Waals surface area contributed by atoms with Crippen LogP contribution in [0.25, 0.3) is 0 Å². The van der Waals surface area contributed by atoms with Gasteiger partial charge in [-0.3, -0.25) is 0 Å². The molecule has 15 unspecified atom stereocenters. The summed E-state index contributed by atoms with van der Waals surface area (Å²) < 4.78 is 76.2. The second kappa shape index (κ2) is 27.8. The van der Waals surface area contributed by atoms with Crippen molar-refractivity contribution < 1.29 is 52.1 Å². The Morgan fingerprint density at radius 1 is 0.293 bits per heavy atom. The molecule has 11 heteroatoms. The lowest BCUT2D eigenvalue weighted by atomic mass is 9.85. The summed E-state index contributed by atoms with van der Waals surface area (Å²) in [5, 5.41) is 0. The van der Waals surface area contributed by atoms with Gasteiger partial charge in [-0.05, 0) is 47.2 Å². The number of benzene rings is 6. The van der Waals surface area contributed by atoms with Gasteiger partial charge in [0.15, 0.2) is 12.6 Å². The van der Waals surface area contributed by atoms with Crippen LogP contribution in [0.5, 0.6) is 0 Å². The number of rotatable bonds is 24. The van der Waals surface area contributed by atoms with E-state index in [-0.39, 0.29) is 42.7 Å². The Hall–Kier alpha value is -5.12. The molecule has 398 valence electrons. The van der Waals surface area contributed by atoms with Gasteiger partial charge in [0.25, 0.3) is 0 Å². The van der Waals surface area contributed by atoms with Crippen molar-refractivity contribution in [2.45, 2.75) is 148 Å². The molecule has 15 atom stereocenters. The zero-order chi connectivity index (χ0) is 51.8. The van der Waals surface area contributed by atoms with Crippen LogP contribution in [0.1, 0.15) is 68.0 Å². The van der Waals surface area contributed by atoms with Crippen LogP contribution < -0.4 is 0 Å². The lowest BCUT2D eigenvalue weighted by Gasteiger charge is -2.50. The van der Waals surface area contributed by atoms with E-state index in [0.29, 0.717) is 46.2 Å². The van der Waals surface area contributed by atoms with E-state index in [1.807, 2.05) is 128 Å². The molecule has 3 heterocycles. The zero-order valence-electron chi connectivity index (χ0n) is 44.1. The highest BCUT2D eigenvalue weighted by atomic mass is 16.7. The lowest BCUT2D eigenvalue weighted by Crippen LogP contribution is -2.62. The van der Waals surface area contributed by atoms with Gasteiger partial charge in [-0.2, -0.15) is 0 Å². The molecule has 0 spiro atoms. The highest BCUT2D eigenvalue weighted by Crippen LogP contribution is 2.39. The van der Waals surface area contributed by atoms with Gasteiger partial charge in [-0.15, -0.1) is 0 Å². The predicted octanol–water partition coefficient (Wildman–Crippen LogP) is 11.7. The molecule has 3 saturated heterocycles. The topological polar surface area (TPSA) is 102 Å². The van der Waals surface area contributed by atoms with Crippen molar-refractivity contribution in [2.75, 3.05) is 13.2 Å². The smallest absolute Gasteiger partial charge is 0.186 e. The third-order valence-corrected chi connectivity index (χ3v) is 15.0. The first kappa shape index (κ1) is 54.7. The summed E-state index contributed by atoms with van der Waals surface area (Å²) in [4.78, 5) is 0. The van der Waals surface area contributed by atoms with Crippen LogP contribution in [0.3, 0.4) is 0 Å². The number of hydrogen-bond donors (Lipinski definition) is 0. The first-order chi connectivity index (χ1) is 36.8. The molecule has 0 aliphatic carbocycles. The van der Waals surface area contributed by atoms with Crippen molar-refractivity contribution in [2.24, 2.45) is 17.8 Å². The Morgan fingerprint density at radius 3 is 1.16 bits per heavy atom. The Bertz CT molecular complexity index is 2510. The van der Waals surface area contributed by atoms with Gasteiger partial charge < -0.3 is 52.1 Å². The summed E-state index contributed by atoms with van der Waals surface area (Å²) in [7, 11) is 0.